The second-order valence-corrected chi connectivity index (χ2v) is 5.57. The highest BCUT2D eigenvalue weighted by Crippen LogP contribution is 2.16. The second-order valence-electron chi connectivity index (χ2n) is 5.57. The average Bonchev–Trinajstić information content (AvgIpc) is 2.37. The first-order chi connectivity index (χ1) is 8.45. The van der Waals surface area contributed by atoms with Crippen LogP contribution >= 0.6 is 0 Å². The summed E-state index contributed by atoms with van der Waals surface area (Å²) in [6, 6.07) is 0.375. The number of hydrogen-bond donors (Lipinski definition) is 2. The summed E-state index contributed by atoms with van der Waals surface area (Å²) in [5, 5.41) is 3.19. The van der Waals surface area contributed by atoms with Gasteiger partial charge in [0.25, 0.3) is 0 Å². The minimum absolute atomic E-state index is 0.0333. The van der Waals surface area contributed by atoms with Gasteiger partial charge in [-0.05, 0) is 27.2 Å². The van der Waals surface area contributed by atoms with E-state index in [0.29, 0.717) is 18.5 Å². The number of rotatable bonds is 5. The molecule has 5 nitrogen and oxygen atoms in total. The van der Waals surface area contributed by atoms with E-state index < -0.39 is 0 Å². The molecule has 5 heteroatoms. The van der Waals surface area contributed by atoms with Gasteiger partial charge in [0.1, 0.15) is 0 Å². The molecular formula is C13H28N4O. The van der Waals surface area contributed by atoms with Crippen molar-refractivity contribution in [1.82, 2.24) is 10.2 Å². The van der Waals surface area contributed by atoms with Gasteiger partial charge in [0.15, 0.2) is 5.96 Å². The number of ether oxygens (including phenoxy) is 1. The van der Waals surface area contributed by atoms with Crippen LogP contribution in [-0.4, -0.2) is 55.3 Å². The maximum atomic E-state index is 5.88. The zero-order chi connectivity index (χ0) is 13.6. The largest absolute Gasteiger partial charge is 0.379 e. The first-order valence-corrected chi connectivity index (χ1v) is 6.85. The number of morpholine rings is 1. The topological polar surface area (TPSA) is 62.9 Å². The molecule has 0 unspecified atom stereocenters. The third-order valence-electron chi connectivity index (χ3n) is 3.51. The fourth-order valence-corrected chi connectivity index (χ4v) is 1.95. The van der Waals surface area contributed by atoms with E-state index >= 15 is 0 Å². The molecule has 1 heterocycles. The number of nitrogens with two attached hydrogens (primary N) is 1. The van der Waals surface area contributed by atoms with Gasteiger partial charge in [-0.2, -0.15) is 0 Å². The van der Waals surface area contributed by atoms with Gasteiger partial charge in [-0.3, -0.25) is 9.89 Å². The van der Waals surface area contributed by atoms with E-state index in [2.05, 4.69) is 42.9 Å². The minimum Gasteiger partial charge on any atom is -0.379 e. The molecule has 1 fully saturated rings. The predicted molar refractivity (Wildman–Crippen MR) is 75.8 cm³/mol. The van der Waals surface area contributed by atoms with Crippen molar-refractivity contribution < 1.29 is 4.74 Å². The molecule has 1 rings (SSSR count). The fraction of sp³-hybridized carbons (Fsp3) is 0.923. The molecule has 0 aromatic heterocycles. The van der Waals surface area contributed by atoms with Crippen LogP contribution in [0.1, 0.15) is 34.1 Å². The molecule has 18 heavy (non-hydrogen) atoms. The third kappa shape index (κ3) is 4.82. The number of hydrogen-bond acceptors (Lipinski definition) is 3. The standard InChI is InChI=1S/C13H28N4O/c1-5-11(2)16-12(14)15-10-13(3,4)17-6-8-18-9-7-17/h11H,5-10H2,1-4H3,(H3,14,15,16)/t11-/m0/s1. The summed E-state index contributed by atoms with van der Waals surface area (Å²) < 4.78 is 5.37. The van der Waals surface area contributed by atoms with Crippen molar-refractivity contribution in [2.45, 2.75) is 45.7 Å². The van der Waals surface area contributed by atoms with Crippen LogP contribution in [0.15, 0.2) is 4.99 Å². The molecule has 1 atom stereocenters. The van der Waals surface area contributed by atoms with Crippen molar-refractivity contribution in [3.05, 3.63) is 0 Å². The Morgan fingerprint density at radius 3 is 2.61 bits per heavy atom. The lowest BCUT2D eigenvalue weighted by atomic mass is 10.0. The highest BCUT2D eigenvalue weighted by Gasteiger charge is 2.27. The van der Waals surface area contributed by atoms with Crippen molar-refractivity contribution in [1.29, 1.82) is 0 Å². The maximum Gasteiger partial charge on any atom is 0.188 e. The van der Waals surface area contributed by atoms with Gasteiger partial charge < -0.3 is 15.8 Å². The molecule has 3 N–H and O–H groups in total. The highest BCUT2D eigenvalue weighted by molar-refractivity contribution is 5.78. The Morgan fingerprint density at radius 1 is 1.44 bits per heavy atom. The Balaban J connectivity index is 2.46. The number of nitrogens with one attached hydrogen (secondary N) is 1. The fourth-order valence-electron chi connectivity index (χ4n) is 1.95. The third-order valence-corrected chi connectivity index (χ3v) is 3.51. The monoisotopic (exact) mass is 256 g/mol. The summed E-state index contributed by atoms with van der Waals surface area (Å²) >= 11 is 0. The van der Waals surface area contributed by atoms with Gasteiger partial charge in [-0.15, -0.1) is 0 Å². The van der Waals surface area contributed by atoms with Crippen LogP contribution in [0.2, 0.25) is 0 Å². The first-order valence-electron chi connectivity index (χ1n) is 6.85. The molecule has 0 spiro atoms. The lowest BCUT2D eigenvalue weighted by Crippen LogP contribution is -2.52. The molecule has 0 saturated carbocycles. The van der Waals surface area contributed by atoms with Crippen molar-refractivity contribution in [3.63, 3.8) is 0 Å². The van der Waals surface area contributed by atoms with E-state index in [1.807, 2.05) is 0 Å². The molecular weight excluding hydrogens is 228 g/mol. The van der Waals surface area contributed by atoms with E-state index in [1.54, 1.807) is 0 Å². The van der Waals surface area contributed by atoms with Crippen LogP contribution < -0.4 is 11.1 Å². The van der Waals surface area contributed by atoms with Crippen molar-refractivity contribution in [2.75, 3.05) is 32.8 Å². The summed E-state index contributed by atoms with van der Waals surface area (Å²) in [5.74, 6) is 0.547. The zero-order valence-corrected chi connectivity index (χ0v) is 12.2. The van der Waals surface area contributed by atoms with E-state index in [1.165, 1.54) is 0 Å². The van der Waals surface area contributed by atoms with Crippen LogP contribution in [0.5, 0.6) is 0 Å². The maximum absolute atomic E-state index is 5.88. The van der Waals surface area contributed by atoms with Crippen LogP contribution in [0.3, 0.4) is 0 Å². The predicted octanol–water partition coefficient (Wildman–Crippen LogP) is 0.800. The first kappa shape index (κ1) is 15.2. The molecule has 0 aromatic rings. The molecule has 1 saturated heterocycles. The van der Waals surface area contributed by atoms with Gasteiger partial charge >= 0.3 is 0 Å². The van der Waals surface area contributed by atoms with Gasteiger partial charge in [0.05, 0.1) is 19.8 Å². The SMILES string of the molecule is CC[C@H](C)NC(N)=NCC(C)(C)N1CCOCC1. The smallest absolute Gasteiger partial charge is 0.188 e. The van der Waals surface area contributed by atoms with Gasteiger partial charge in [0, 0.05) is 24.7 Å². The van der Waals surface area contributed by atoms with Crippen LogP contribution in [0.4, 0.5) is 0 Å². The van der Waals surface area contributed by atoms with Gasteiger partial charge in [-0.25, -0.2) is 0 Å². The van der Waals surface area contributed by atoms with Crippen molar-refractivity contribution in [2.24, 2.45) is 10.7 Å². The van der Waals surface area contributed by atoms with Crippen LogP contribution in [0.25, 0.3) is 0 Å². The summed E-state index contributed by atoms with van der Waals surface area (Å²) in [4.78, 5) is 6.87. The number of aliphatic imine (C=N–C) groups is 1. The number of nitrogens with zero attached hydrogens (tertiary/aromatic N) is 2. The van der Waals surface area contributed by atoms with E-state index in [4.69, 9.17) is 10.5 Å². The molecule has 0 amide bonds. The molecule has 0 radical (unpaired) electrons. The second kappa shape index (κ2) is 6.95. The Labute approximate surface area is 111 Å². The van der Waals surface area contributed by atoms with E-state index in [-0.39, 0.29) is 5.54 Å². The summed E-state index contributed by atoms with van der Waals surface area (Å²) in [5.41, 5.74) is 5.92. The summed E-state index contributed by atoms with van der Waals surface area (Å²) in [6.45, 7) is 12.9. The molecule has 0 aliphatic carbocycles. The average molecular weight is 256 g/mol. The van der Waals surface area contributed by atoms with Gasteiger partial charge in [0.2, 0.25) is 0 Å². The van der Waals surface area contributed by atoms with Crippen LogP contribution in [0, 0.1) is 0 Å². The Morgan fingerprint density at radius 2 is 2.06 bits per heavy atom. The zero-order valence-electron chi connectivity index (χ0n) is 12.2. The highest BCUT2D eigenvalue weighted by atomic mass is 16.5. The van der Waals surface area contributed by atoms with Crippen LogP contribution in [-0.2, 0) is 4.74 Å². The summed E-state index contributed by atoms with van der Waals surface area (Å²) in [6.07, 6.45) is 1.04. The molecule has 1 aliphatic rings. The van der Waals surface area contributed by atoms with Gasteiger partial charge in [-0.1, -0.05) is 6.92 Å². The molecule has 1 aliphatic heterocycles. The van der Waals surface area contributed by atoms with Crippen molar-refractivity contribution >= 4 is 5.96 Å². The molecule has 106 valence electrons. The lowest BCUT2D eigenvalue weighted by Gasteiger charge is -2.39. The quantitative estimate of drug-likeness (QED) is 0.564. The minimum atomic E-state index is 0.0333. The number of guanidine groups is 1. The molecule has 0 bridgehead atoms. The Kier molecular flexibility index (Phi) is 5.88. The van der Waals surface area contributed by atoms with E-state index in [0.717, 1.165) is 32.7 Å². The Bertz CT molecular complexity index is 272. The molecule has 0 aromatic carbocycles. The van der Waals surface area contributed by atoms with Crippen molar-refractivity contribution in [3.8, 4) is 0 Å². The lowest BCUT2D eigenvalue weighted by molar-refractivity contribution is -0.00682. The Hall–Kier alpha value is -0.810. The normalized spacial score (nSPS) is 20.8. The summed E-state index contributed by atoms with van der Waals surface area (Å²) in [7, 11) is 0. The van der Waals surface area contributed by atoms with E-state index in [9.17, 15) is 0 Å².